The van der Waals surface area contributed by atoms with Gasteiger partial charge in [0.1, 0.15) is 5.82 Å². The second kappa shape index (κ2) is 4.40. The Morgan fingerprint density at radius 1 is 1.50 bits per heavy atom. The molecule has 0 aliphatic carbocycles. The third-order valence-corrected chi connectivity index (χ3v) is 2.36. The molecule has 1 amide bonds. The van der Waals surface area contributed by atoms with E-state index < -0.39 is 0 Å². The maximum absolute atomic E-state index is 12.9. The van der Waals surface area contributed by atoms with Crippen LogP contribution >= 0.6 is 0 Å². The molecule has 0 aromatic heterocycles. The number of amides is 1. The van der Waals surface area contributed by atoms with E-state index in [9.17, 15) is 9.18 Å². The third-order valence-electron chi connectivity index (χ3n) is 2.36. The molecular formula is C11H12FN3O. The Balaban J connectivity index is 2.10. The van der Waals surface area contributed by atoms with Gasteiger partial charge < -0.3 is 5.73 Å². The molecule has 2 N–H and O–H groups in total. The SMILES string of the molecule is NCC1=NN(Cc2cccc(F)c2)C(=O)C1. The minimum absolute atomic E-state index is 0.0929. The molecule has 2 rings (SSSR count). The predicted octanol–water partition coefficient (Wildman–Crippen LogP) is 0.873. The average Bonchev–Trinajstić information content (AvgIpc) is 2.60. The standard InChI is InChI=1S/C11H12FN3O/c12-9-3-1-2-8(4-9)7-15-11(16)5-10(6-13)14-15/h1-4H,5-7,13H2. The van der Waals surface area contributed by atoms with Gasteiger partial charge in [0.25, 0.3) is 0 Å². The summed E-state index contributed by atoms with van der Waals surface area (Å²) in [6, 6.07) is 6.12. The summed E-state index contributed by atoms with van der Waals surface area (Å²) < 4.78 is 12.9. The molecule has 84 valence electrons. The minimum Gasteiger partial charge on any atom is -0.325 e. The summed E-state index contributed by atoms with van der Waals surface area (Å²) in [6.07, 6.45) is 0.270. The van der Waals surface area contributed by atoms with Crippen molar-refractivity contribution in [1.29, 1.82) is 0 Å². The van der Waals surface area contributed by atoms with Gasteiger partial charge in [-0.05, 0) is 17.7 Å². The highest BCUT2D eigenvalue weighted by Crippen LogP contribution is 2.13. The molecule has 16 heavy (non-hydrogen) atoms. The zero-order valence-corrected chi connectivity index (χ0v) is 8.69. The topological polar surface area (TPSA) is 58.7 Å². The van der Waals surface area contributed by atoms with E-state index in [4.69, 9.17) is 5.73 Å². The van der Waals surface area contributed by atoms with E-state index in [0.717, 1.165) is 5.56 Å². The lowest BCUT2D eigenvalue weighted by molar-refractivity contribution is -0.129. The number of halogens is 1. The second-order valence-electron chi connectivity index (χ2n) is 3.63. The fourth-order valence-electron chi connectivity index (χ4n) is 1.57. The van der Waals surface area contributed by atoms with Crippen LogP contribution < -0.4 is 5.73 Å². The lowest BCUT2D eigenvalue weighted by Gasteiger charge is -2.11. The third kappa shape index (κ3) is 2.25. The molecule has 0 spiro atoms. The van der Waals surface area contributed by atoms with Gasteiger partial charge >= 0.3 is 0 Å². The van der Waals surface area contributed by atoms with Crippen LogP contribution in [0.2, 0.25) is 0 Å². The lowest BCUT2D eigenvalue weighted by atomic mass is 10.2. The van der Waals surface area contributed by atoms with Gasteiger partial charge in [-0.1, -0.05) is 12.1 Å². The Kier molecular flexibility index (Phi) is 2.96. The number of rotatable bonds is 3. The van der Waals surface area contributed by atoms with Crippen LogP contribution in [0.3, 0.4) is 0 Å². The molecule has 0 radical (unpaired) electrons. The average molecular weight is 221 g/mol. The molecule has 0 bridgehead atoms. The van der Waals surface area contributed by atoms with Crippen LogP contribution in [0, 0.1) is 5.82 Å². The van der Waals surface area contributed by atoms with Gasteiger partial charge in [-0.3, -0.25) is 4.79 Å². The van der Waals surface area contributed by atoms with Gasteiger partial charge in [0.15, 0.2) is 0 Å². The Morgan fingerprint density at radius 3 is 2.94 bits per heavy atom. The van der Waals surface area contributed by atoms with Crippen molar-refractivity contribution in [2.24, 2.45) is 10.8 Å². The number of hydrogen-bond acceptors (Lipinski definition) is 3. The number of benzene rings is 1. The van der Waals surface area contributed by atoms with E-state index in [2.05, 4.69) is 5.10 Å². The second-order valence-corrected chi connectivity index (χ2v) is 3.63. The number of hydrogen-bond donors (Lipinski definition) is 1. The summed E-state index contributed by atoms with van der Waals surface area (Å²) in [4.78, 5) is 11.5. The highest BCUT2D eigenvalue weighted by Gasteiger charge is 2.22. The van der Waals surface area contributed by atoms with Crippen LogP contribution in [-0.2, 0) is 11.3 Å². The maximum atomic E-state index is 12.9. The highest BCUT2D eigenvalue weighted by molar-refractivity contribution is 6.05. The molecule has 0 saturated carbocycles. The van der Waals surface area contributed by atoms with Crippen LogP contribution in [0.1, 0.15) is 12.0 Å². The highest BCUT2D eigenvalue weighted by atomic mass is 19.1. The number of carbonyl (C=O) groups is 1. The first kappa shape index (κ1) is 10.8. The zero-order chi connectivity index (χ0) is 11.5. The van der Waals surface area contributed by atoms with E-state index in [-0.39, 0.29) is 24.7 Å². The molecule has 0 atom stereocenters. The van der Waals surface area contributed by atoms with Crippen molar-refractivity contribution in [2.45, 2.75) is 13.0 Å². The molecule has 5 heteroatoms. The van der Waals surface area contributed by atoms with E-state index in [1.54, 1.807) is 12.1 Å². The van der Waals surface area contributed by atoms with Gasteiger partial charge in [-0.25, -0.2) is 9.40 Å². The Morgan fingerprint density at radius 2 is 2.31 bits per heavy atom. The van der Waals surface area contributed by atoms with Crippen LogP contribution in [0.4, 0.5) is 4.39 Å². The van der Waals surface area contributed by atoms with Gasteiger partial charge in [0.2, 0.25) is 5.91 Å². The van der Waals surface area contributed by atoms with Crippen molar-refractivity contribution >= 4 is 11.6 Å². The molecule has 1 heterocycles. The van der Waals surface area contributed by atoms with Crippen molar-refractivity contribution in [3.63, 3.8) is 0 Å². The summed E-state index contributed by atoms with van der Waals surface area (Å²) in [5, 5.41) is 5.40. The Bertz CT molecular complexity index is 445. The van der Waals surface area contributed by atoms with Crippen LogP contribution in [-0.4, -0.2) is 23.2 Å². The lowest BCUT2D eigenvalue weighted by Crippen LogP contribution is -2.20. The van der Waals surface area contributed by atoms with Crippen LogP contribution in [0.5, 0.6) is 0 Å². The Hall–Kier alpha value is -1.75. The van der Waals surface area contributed by atoms with Crippen LogP contribution in [0.25, 0.3) is 0 Å². The molecule has 1 aromatic carbocycles. The minimum atomic E-state index is -0.313. The molecule has 1 aliphatic heterocycles. The largest absolute Gasteiger partial charge is 0.325 e. The Labute approximate surface area is 92.5 Å². The van der Waals surface area contributed by atoms with Crippen molar-refractivity contribution < 1.29 is 9.18 Å². The van der Waals surface area contributed by atoms with Crippen molar-refractivity contribution in [2.75, 3.05) is 6.54 Å². The molecule has 1 aliphatic rings. The maximum Gasteiger partial charge on any atom is 0.248 e. The van der Waals surface area contributed by atoms with Crippen molar-refractivity contribution in [3.05, 3.63) is 35.6 Å². The first-order valence-corrected chi connectivity index (χ1v) is 5.00. The molecule has 0 unspecified atom stereocenters. The quantitative estimate of drug-likeness (QED) is 0.823. The summed E-state index contributed by atoms with van der Waals surface area (Å²) in [7, 11) is 0. The summed E-state index contributed by atoms with van der Waals surface area (Å²) in [5.74, 6) is -0.406. The molecular weight excluding hydrogens is 209 g/mol. The smallest absolute Gasteiger partial charge is 0.248 e. The first-order chi connectivity index (χ1) is 7.69. The van der Waals surface area contributed by atoms with E-state index >= 15 is 0 Å². The number of nitrogens with zero attached hydrogens (tertiary/aromatic N) is 2. The zero-order valence-electron chi connectivity index (χ0n) is 8.69. The van der Waals surface area contributed by atoms with Crippen LogP contribution in [0.15, 0.2) is 29.4 Å². The van der Waals surface area contributed by atoms with Gasteiger partial charge in [-0.15, -0.1) is 0 Å². The summed E-state index contributed by atoms with van der Waals surface area (Å²) in [5.41, 5.74) is 6.79. The van der Waals surface area contributed by atoms with E-state index in [0.29, 0.717) is 12.3 Å². The van der Waals surface area contributed by atoms with Gasteiger partial charge in [-0.2, -0.15) is 5.10 Å². The predicted molar refractivity (Wildman–Crippen MR) is 58.1 cm³/mol. The number of nitrogens with two attached hydrogens (primary N) is 1. The van der Waals surface area contributed by atoms with Crippen molar-refractivity contribution in [1.82, 2.24) is 5.01 Å². The molecule has 0 fully saturated rings. The first-order valence-electron chi connectivity index (χ1n) is 5.00. The molecule has 1 aromatic rings. The van der Waals surface area contributed by atoms with Crippen molar-refractivity contribution in [3.8, 4) is 0 Å². The number of hydrazone groups is 1. The fraction of sp³-hybridized carbons (Fsp3) is 0.273. The number of carbonyl (C=O) groups excluding carboxylic acids is 1. The molecule has 4 nitrogen and oxygen atoms in total. The normalized spacial score (nSPS) is 15.5. The van der Waals surface area contributed by atoms with Gasteiger partial charge in [0.05, 0.1) is 18.7 Å². The summed E-state index contributed by atoms with van der Waals surface area (Å²) >= 11 is 0. The monoisotopic (exact) mass is 221 g/mol. The fourth-order valence-corrected chi connectivity index (χ4v) is 1.57. The molecule has 0 saturated heterocycles. The van der Waals surface area contributed by atoms with Gasteiger partial charge in [0, 0.05) is 6.54 Å². The van der Waals surface area contributed by atoms with E-state index in [1.807, 2.05) is 0 Å². The van der Waals surface area contributed by atoms with E-state index in [1.165, 1.54) is 17.1 Å². The summed E-state index contributed by atoms with van der Waals surface area (Å²) in [6.45, 7) is 0.575.